The first-order chi connectivity index (χ1) is 14.3. The SMILES string of the molecule is Cc1ccsc1CCNS(=O)(=O)c1ccc2c(c1)sc(=O)n2CC(=O)N1CCCC1. The highest BCUT2D eigenvalue weighted by atomic mass is 32.2. The summed E-state index contributed by atoms with van der Waals surface area (Å²) in [6, 6.07) is 6.63. The summed E-state index contributed by atoms with van der Waals surface area (Å²) in [6.07, 6.45) is 2.61. The lowest BCUT2D eigenvalue weighted by molar-refractivity contribution is -0.130. The van der Waals surface area contributed by atoms with Crippen molar-refractivity contribution in [1.82, 2.24) is 14.2 Å². The van der Waals surface area contributed by atoms with Crippen LogP contribution in [-0.2, 0) is 27.8 Å². The number of hydrogen-bond donors (Lipinski definition) is 1. The second-order valence-electron chi connectivity index (χ2n) is 7.35. The number of carbonyl (C=O) groups is 1. The first kappa shape index (κ1) is 21.2. The summed E-state index contributed by atoms with van der Waals surface area (Å²) < 4.78 is 30.0. The van der Waals surface area contributed by atoms with Crippen LogP contribution in [0.25, 0.3) is 10.2 Å². The number of amides is 1. The third kappa shape index (κ3) is 4.36. The zero-order chi connectivity index (χ0) is 21.3. The van der Waals surface area contributed by atoms with Gasteiger partial charge < -0.3 is 4.90 Å². The zero-order valence-corrected chi connectivity index (χ0v) is 19.0. The van der Waals surface area contributed by atoms with E-state index in [0.717, 1.165) is 47.7 Å². The standard InChI is InChI=1S/C20H23N3O4S3/c1-14-7-11-28-17(14)6-8-21-30(26,27)15-4-5-16-18(12-15)29-20(25)23(16)13-19(24)22-9-2-3-10-22/h4-5,7,11-12,21H,2-3,6,8-10,13H2,1H3. The molecule has 7 nitrogen and oxygen atoms in total. The van der Waals surface area contributed by atoms with Crippen molar-refractivity contribution in [1.29, 1.82) is 0 Å². The number of carbonyl (C=O) groups excluding carboxylic acids is 1. The van der Waals surface area contributed by atoms with E-state index in [-0.39, 0.29) is 22.2 Å². The topological polar surface area (TPSA) is 88.5 Å². The van der Waals surface area contributed by atoms with Gasteiger partial charge >= 0.3 is 4.87 Å². The minimum atomic E-state index is -3.68. The van der Waals surface area contributed by atoms with Crippen molar-refractivity contribution in [2.24, 2.45) is 0 Å². The smallest absolute Gasteiger partial charge is 0.308 e. The molecule has 1 N–H and O–H groups in total. The summed E-state index contributed by atoms with van der Waals surface area (Å²) in [4.78, 5) is 27.7. The van der Waals surface area contributed by atoms with E-state index in [9.17, 15) is 18.0 Å². The number of fused-ring (bicyclic) bond motifs is 1. The third-order valence-corrected chi connectivity index (χ3v) is 8.80. The number of thiophene rings is 1. The molecule has 160 valence electrons. The second kappa shape index (κ2) is 8.62. The van der Waals surface area contributed by atoms with E-state index in [4.69, 9.17) is 0 Å². The molecule has 1 fully saturated rings. The van der Waals surface area contributed by atoms with Gasteiger partial charge in [-0.05, 0) is 61.4 Å². The number of nitrogens with zero attached hydrogens (tertiary/aromatic N) is 2. The van der Waals surface area contributed by atoms with Crippen molar-refractivity contribution >= 4 is 48.8 Å². The molecule has 1 aliphatic rings. The van der Waals surface area contributed by atoms with E-state index in [0.29, 0.717) is 23.2 Å². The monoisotopic (exact) mass is 465 g/mol. The molecule has 1 aromatic carbocycles. The fraction of sp³-hybridized carbons (Fsp3) is 0.400. The highest BCUT2D eigenvalue weighted by molar-refractivity contribution is 7.89. The molecule has 1 aliphatic heterocycles. The lowest BCUT2D eigenvalue weighted by Crippen LogP contribution is -2.33. The number of aryl methyl sites for hydroxylation is 1. The van der Waals surface area contributed by atoms with Crippen molar-refractivity contribution in [3.63, 3.8) is 0 Å². The van der Waals surface area contributed by atoms with Crippen LogP contribution in [0.5, 0.6) is 0 Å². The van der Waals surface area contributed by atoms with Crippen molar-refractivity contribution in [3.05, 3.63) is 49.8 Å². The Morgan fingerprint density at radius 2 is 1.97 bits per heavy atom. The molecule has 4 rings (SSSR count). The molecule has 0 spiro atoms. The van der Waals surface area contributed by atoms with E-state index < -0.39 is 10.0 Å². The quantitative estimate of drug-likeness (QED) is 0.581. The Morgan fingerprint density at radius 1 is 1.20 bits per heavy atom. The van der Waals surface area contributed by atoms with Crippen LogP contribution in [0.2, 0.25) is 0 Å². The van der Waals surface area contributed by atoms with Crippen molar-refractivity contribution in [2.45, 2.75) is 37.6 Å². The summed E-state index contributed by atoms with van der Waals surface area (Å²) in [6.45, 7) is 3.77. The van der Waals surface area contributed by atoms with Crippen LogP contribution in [0.1, 0.15) is 23.3 Å². The summed E-state index contributed by atoms with van der Waals surface area (Å²) in [5, 5.41) is 1.99. The van der Waals surface area contributed by atoms with Gasteiger partial charge in [0.15, 0.2) is 0 Å². The minimum absolute atomic E-state index is 0.0106. The van der Waals surface area contributed by atoms with E-state index >= 15 is 0 Å². The van der Waals surface area contributed by atoms with E-state index in [1.54, 1.807) is 22.3 Å². The van der Waals surface area contributed by atoms with Gasteiger partial charge in [0.2, 0.25) is 15.9 Å². The van der Waals surface area contributed by atoms with Crippen LogP contribution < -0.4 is 9.60 Å². The molecule has 0 bridgehead atoms. The minimum Gasteiger partial charge on any atom is -0.341 e. The molecule has 10 heteroatoms. The number of aromatic nitrogens is 1. The second-order valence-corrected chi connectivity index (χ2v) is 11.1. The van der Waals surface area contributed by atoms with Gasteiger partial charge in [-0.1, -0.05) is 11.3 Å². The average molecular weight is 466 g/mol. The first-order valence-electron chi connectivity index (χ1n) is 9.79. The van der Waals surface area contributed by atoms with Gasteiger partial charge in [0.1, 0.15) is 6.54 Å². The van der Waals surface area contributed by atoms with E-state index in [2.05, 4.69) is 4.72 Å². The van der Waals surface area contributed by atoms with Crippen LogP contribution in [-0.4, -0.2) is 43.4 Å². The molecule has 3 heterocycles. The van der Waals surface area contributed by atoms with Crippen molar-refractivity contribution in [2.75, 3.05) is 19.6 Å². The lowest BCUT2D eigenvalue weighted by Gasteiger charge is -2.15. The molecule has 0 saturated carbocycles. The Balaban J connectivity index is 1.51. The van der Waals surface area contributed by atoms with Gasteiger partial charge in [-0.3, -0.25) is 14.2 Å². The molecule has 3 aromatic rings. The summed E-state index contributed by atoms with van der Waals surface area (Å²) in [5.74, 6) is -0.0727. The maximum Gasteiger partial charge on any atom is 0.308 e. The normalized spacial score (nSPS) is 14.6. The van der Waals surface area contributed by atoms with Gasteiger partial charge in [-0.15, -0.1) is 11.3 Å². The van der Waals surface area contributed by atoms with Gasteiger partial charge in [-0.25, -0.2) is 13.1 Å². The lowest BCUT2D eigenvalue weighted by atomic mass is 10.2. The Hall–Kier alpha value is -2.01. The number of hydrogen-bond acceptors (Lipinski definition) is 6. The van der Waals surface area contributed by atoms with Crippen LogP contribution in [0.3, 0.4) is 0 Å². The first-order valence-corrected chi connectivity index (χ1v) is 13.0. The van der Waals surface area contributed by atoms with Gasteiger partial charge in [0.25, 0.3) is 0 Å². The van der Waals surface area contributed by atoms with E-state index in [1.165, 1.54) is 16.7 Å². The van der Waals surface area contributed by atoms with Crippen molar-refractivity contribution in [3.8, 4) is 0 Å². The molecule has 2 aromatic heterocycles. The Kier molecular flexibility index (Phi) is 6.10. The summed E-state index contributed by atoms with van der Waals surface area (Å²) in [5.41, 5.74) is 1.75. The van der Waals surface area contributed by atoms with Crippen LogP contribution in [0, 0.1) is 6.92 Å². The van der Waals surface area contributed by atoms with Gasteiger partial charge in [-0.2, -0.15) is 0 Å². The number of benzene rings is 1. The fourth-order valence-electron chi connectivity index (χ4n) is 3.61. The maximum absolute atomic E-state index is 12.7. The number of thiazole rings is 1. The molecule has 30 heavy (non-hydrogen) atoms. The molecule has 0 radical (unpaired) electrons. The largest absolute Gasteiger partial charge is 0.341 e. The van der Waals surface area contributed by atoms with Crippen molar-refractivity contribution < 1.29 is 13.2 Å². The predicted octanol–water partition coefficient (Wildman–Crippen LogP) is 2.58. The molecule has 1 saturated heterocycles. The molecular formula is C20H23N3O4S3. The van der Waals surface area contributed by atoms with E-state index in [1.807, 2.05) is 18.4 Å². The molecule has 0 aliphatic carbocycles. The summed E-state index contributed by atoms with van der Waals surface area (Å²) >= 11 is 2.58. The Labute approximate surface area is 183 Å². The highest BCUT2D eigenvalue weighted by Gasteiger charge is 2.21. The highest BCUT2D eigenvalue weighted by Crippen LogP contribution is 2.22. The van der Waals surface area contributed by atoms with Crippen LogP contribution in [0.15, 0.2) is 39.3 Å². The molecule has 1 amide bonds. The third-order valence-electron chi connectivity index (χ3n) is 5.31. The summed E-state index contributed by atoms with van der Waals surface area (Å²) in [7, 11) is -3.68. The Morgan fingerprint density at radius 3 is 2.67 bits per heavy atom. The number of nitrogens with one attached hydrogen (secondary N) is 1. The van der Waals surface area contributed by atoms with Crippen LogP contribution >= 0.6 is 22.7 Å². The average Bonchev–Trinajstić information content (AvgIpc) is 3.43. The number of sulfonamides is 1. The number of rotatable bonds is 7. The molecular weight excluding hydrogens is 442 g/mol. The fourth-order valence-corrected chi connectivity index (χ4v) is 6.58. The van der Waals surface area contributed by atoms with Crippen LogP contribution in [0.4, 0.5) is 0 Å². The predicted molar refractivity (Wildman–Crippen MR) is 120 cm³/mol. The Bertz CT molecular complexity index is 1230. The molecule has 0 atom stereocenters. The maximum atomic E-state index is 12.7. The zero-order valence-electron chi connectivity index (χ0n) is 16.6. The van der Waals surface area contributed by atoms with Gasteiger partial charge in [0.05, 0.1) is 15.1 Å². The molecule has 0 unspecified atom stereocenters. The van der Waals surface area contributed by atoms with Gasteiger partial charge in [0, 0.05) is 24.5 Å². The number of likely N-dealkylation sites (tertiary alicyclic amines) is 1.